The van der Waals surface area contributed by atoms with Gasteiger partial charge in [-0.25, -0.2) is 0 Å². The largest absolute Gasteiger partial charge is 0.394 e. The van der Waals surface area contributed by atoms with Gasteiger partial charge < -0.3 is 20.6 Å². The summed E-state index contributed by atoms with van der Waals surface area (Å²) >= 11 is 0. The molecule has 0 spiro atoms. The monoisotopic (exact) mass is 676 g/mol. The molecule has 0 aliphatic rings. The van der Waals surface area contributed by atoms with Crippen molar-refractivity contribution in [3.63, 3.8) is 0 Å². The standard InChI is InChI=1S/C43H81NO4/c1-3-5-7-9-11-13-14-15-16-17-18-19-20-21-22-23-24-25-26-27-28-30-32-34-36-38-42(47)44-40(39-45)43(48)41(46)37-35-33-31-29-12-10-8-6-4-2/h18-19,21-22,29,31,40-41,43,45-46,48H,3-17,20,23-28,30,32-39H2,1-2H3,(H,44,47)/b19-18-,22-21-,31-29+. The Hall–Kier alpha value is -1.43. The number of unbranched alkanes of at least 4 members (excludes halogenated alkanes) is 23. The number of nitrogens with one attached hydrogen (secondary N) is 1. The fraction of sp³-hybridized carbons (Fsp3) is 0.837. The molecule has 0 fully saturated rings. The van der Waals surface area contributed by atoms with E-state index in [1.165, 1.54) is 135 Å². The highest BCUT2D eigenvalue weighted by atomic mass is 16.3. The van der Waals surface area contributed by atoms with Crippen LogP contribution in [0.5, 0.6) is 0 Å². The first kappa shape index (κ1) is 46.6. The molecule has 3 atom stereocenters. The molecule has 1 amide bonds. The predicted octanol–water partition coefficient (Wildman–Crippen LogP) is 11.6. The van der Waals surface area contributed by atoms with E-state index in [4.69, 9.17) is 0 Å². The number of aliphatic hydroxyl groups is 3. The average molecular weight is 676 g/mol. The Labute approximate surface area is 298 Å². The highest BCUT2D eigenvalue weighted by molar-refractivity contribution is 5.76. The fourth-order valence-electron chi connectivity index (χ4n) is 6.19. The first-order valence-electron chi connectivity index (χ1n) is 20.8. The van der Waals surface area contributed by atoms with E-state index in [1.807, 2.05) is 0 Å². The Morgan fingerprint density at radius 3 is 1.35 bits per heavy atom. The molecular formula is C43H81NO4. The quantitative estimate of drug-likeness (QED) is 0.0390. The summed E-state index contributed by atoms with van der Waals surface area (Å²) in [5, 5.41) is 33.2. The summed E-state index contributed by atoms with van der Waals surface area (Å²) in [6.45, 7) is 4.11. The van der Waals surface area contributed by atoms with E-state index in [1.54, 1.807) is 0 Å². The van der Waals surface area contributed by atoms with E-state index in [0.29, 0.717) is 12.8 Å². The number of hydrogen-bond acceptors (Lipinski definition) is 4. The summed E-state index contributed by atoms with van der Waals surface area (Å²) in [4.78, 5) is 12.4. The molecule has 0 heterocycles. The van der Waals surface area contributed by atoms with Crippen molar-refractivity contribution >= 4 is 5.91 Å². The Balaban J connectivity index is 3.61. The van der Waals surface area contributed by atoms with Gasteiger partial charge in [0.2, 0.25) is 5.91 Å². The summed E-state index contributed by atoms with van der Waals surface area (Å²) in [5.41, 5.74) is 0. The number of carbonyl (C=O) groups is 1. The number of aliphatic hydroxyl groups excluding tert-OH is 3. The van der Waals surface area contributed by atoms with Gasteiger partial charge in [-0.1, -0.05) is 166 Å². The lowest BCUT2D eigenvalue weighted by Crippen LogP contribution is -2.50. The molecule has 48 heavy (non-hydrogen) atoms. The highest BCUT2D eigenvalue weighted by Crippen LogP contribution is 2.14. The SMILES string of the molecule is CCCCCC/C=C/CCCC(O)C(O)C(CO)NC(=O)CCCCCCCCCCC/C=C\C/C=C\CCCCCCCCCCC. The Morgan fingerprint density at radius 2 is 0.896 bits per heavy atom. The van der Waals surface area contributed by atoms with Crippen molar-refractivity contribution in [1.29, 1.82) is 0 Å². The number of carbonyl (C=O) groups excluding carboxylic acids is 1. The molecular weight excluding hydrogens is 594 g/mol. The molecule has 5 heteroatoms. The molecule has 4 N–H and O–H groups in total. The molecule has 282 valence electrons. The summed E-state index contributed by atoms with van der Waals surface area (Å²) in [5.74, 6) is -0.162. The first-order chi connectivity index (χ1) is 23.6. The van der Waals surface area contributed by atoms with Gasteiger partial charge in [-0.2, -0.15) is 0 Å². The second-order valence-electron chi connectivity index (χ2n) is 14.2. The zero-order chi connectivity index (χ0) is 35.2. The van der Waals surface area contributed by atoms with Crippen LogP contribution in [-0.4, -0.2) is 46.1 Å². The second kappa shape index (κ2) is 38.4. The van der Waals surface area contributed by atoms with Crippen molar-refractivity contribution in [2.24, 2.45) is 0 Å². The minimum Gasteiger partial charge on any atom is -0.394 e. The van der Waals surface area contributed by atoms with Crippen molar-refractivity contribution in [3.8, 4) is 0 Å². The van der Waals surface area contributed by atoms with Crippen LogP contribution in [0.1, 0.15) is 206 Å². The molecule has 0 aromatic rings. The molecule has 0 saturated heterocycles. The van der Waals surface area contributed by atoms with E-state index < -0.39 is 18.2 Å². The van der Waals surface area contributed by atoms with Crippen molar-refractivity contribution in [1.82, 2.24) is 5.32 Å². The van der Waals surface area contributed by atoms with Crippen LogP contribution < -0.4 is 5.32 Å². The molecule has 0 radical (unpaired) electrons. The van der Waals surface area contributed by atoms with Crippen molar-refractivity contribution in [2.45, 2.75) is 225 Å². The second-order valence-corrected chi connectivity index (χ2v) is 14.2. The molecule has 0 aromatic carbocycles. The lowest BCUT2D eigenvalue weighted by Gasteiger charge is -2.26. The van der Waals surface area contributed by atoms with Crippen molar-refractivity contribution < 1.29 is 20.1 Å². The van der Waals surface area contributed by atoms with E-state index in [-0.39, 0.29) is 12.5 Å². The summed E-state index contributed by atoms with van der Waals surface area (Å²) in [6, 6.07) is -0.826. The van der Waals surface area contributed by atoms with Crippen LogP contribution in [0, 0.1) is 0 Å². The lowest BCUT2D eigenvalue weighted by atomic mass is 10.0. The van der Waals surface area contributed by atoms with Gasteiger partial charge in [0.1, 0.15) is 6.10 Å². The van der Waals surface area contributed by atoms with Crippen LogP contribution in [0.4, 0.5) is 0 Å². The van der Waals surface area contributed by atoms with Gasteiger partial charge in [0.15, 0.2) is 0 Å². The number of amides is 1. The molecule has 3 unspecified atom stereocenters. The van der Waals surface area contributed by atoms with Gasteiger partial charge >= 0.3 is 0 Å². The topological polar surface area (TPSA) is 89.8 Å². The van der Waals surface area contributed by atoms with Crippen molar-refractivity contribution in [2.75, 3.05) is 6.61 Å². The summed E-state index contributed by atoms with van der Waals surface area (Å²) in [6.07, 6.45) is 46.9. The minimum absolute atomic E-state index is 0.162. The van der Waals surface area contributed by atoms with E-state index in [2.05, 4.69) is 55.6 Å². The predicted molar refractivity (Wildman–Crippen MR) is 208 cm³/mol. The molecule has 0 aromatic heterocycles. The lowest BCUT2D eigenvalue weighted by molar-refractivity contribution is -0.124. The first-order valence-corrected chi connectivity index (χ1v) is 20.8. The number of allylic oxidation sites excluding steroid dienone is 6. The van der Waals surface area contributed by atoms with Gasteiger partial charge in [0.25, 0.3) is 0 Å². The zero-order valence-corrected chi connectivity index (χ0v) is 31.9. The van der Waals surface area contributed by atoms with E-state index in [9.17, 15) is 20.1 Å². The highest BCUT2D eigenvalue weighted by Gasteiger charge is 2.26. The van der Waals surface area contributed by atoms with Crippen LogP contribution in [0.25, 0.3) is 0 Å². The molecule has 0 bridgehead atoms. The average Bonchev–Trinajstić information content (AvgIpc) is 3.09. The molecule has 0 saturated carbocycles. The minimum atomic E-state index is -1.16. The zero-order valence-electron chi connectivity index (χ0n) is 31.9. The smallest absolute Gasteiger partial charge is 0.220 e. The molecule has 0 aliphatic heterocycles. The molecule has 0 rings (SSSR count). The maximum absolute atomic E-state index is 12.4. The Morgan fingerprint density at radius 1 is 0.521 bits per heavy atom. The number of rotatable bonds is 37. The van der Waals surface area contributed by atoms with E-state index >= 15 is 0 Å². The van der Waals surface area contributed by atoms with Crippen LogP contribution in [-0.2, 0) is 4.79 Å². The Bertz CT molecular complexity index is 749. The third-order valence-electron chi connectivity index (χ3n) is 9.47. The Kier molecular flexibility index (Phi) is 37.2. The maximum Gasteiger partial charge on any atom is 0.220 e. The normalized spacial score (nSPS) is 14.0. The van der Waals surface area contributed by atoms with Crippen LogP contribution in [0.3, 0.4) is 0 Å². The summed E-state index contributed by atoms with van der Waals surface area (Å²) in [7, 11) is 0. The molecule has 5 nitrogen and oxygen atoms in total. The van der Waals surface area contributed by atoms with Gasteiger partial charge in [-0.05, 0) is 70.6 Å². The fourth-order valence-corrected chi connectivity index (χ4v) is 6.19. The summed E-state index contributed by atoms with van der Waals surface area (Å²) < 4.78 is 0. The maximum atomic E-state index is 12.4. The third-order valence-corrected chi connectivity index (χ3v) is 9.47. The van der Waals surface area contributed by atoms with Gasteiger partial charge in [-0.15, -0.1) is 0 Å². The van der Waals surface area contributed by atoms with Crippen molar-refractivity contribution in [3.05, 3.63) is 36.5 Å². The van der Waals surface area contributed by atoms with Gasteiger partial charge in [0, 0.05) is 6.42 Å². The third kappa shape index (κ3) is 33.1. The van der Waals surface area contributed by atoms with Crippen LogP contribution in [0.2, 0.25) is 0 Å². The number of hydrogen-bond donors (Lipinski definition) is 4. The van der Waals surface area contributed by atoms with Gasteiger partial charge in [-0.3, -0.25) is 4.79 Å². The molecule has 0 aliphatic carbocycles. The van der Waals surface area contributed by atoms with Crippen LogP contribution >= 0.6 is 0 Å². The van der Waals surface area contributed by atoms with Gasteiger partial charge in [0.05, 0.1) is 18.8 Å². The van der Waals surface area contributed by atoms with Crippen LogP contribution in [0.15, 0.2) is 36.5 Å². The van der Waals surface area contributed by atoms with E-state index in [0.717, 1.165) is 44.9 Å².